The summed E-state index contributed by atoms with van der Waals surface area (Å²) in [6.45, 7) is -0.571. The molecule has 0 aromatic heterocycles. The Bertz CT molecular complexity index is 1140. The zero-order valence-corrected chi connectivity index (χ0v) is 18.4. The number of alkyl halides is 9. The van der Waals surface area contributed by atoms with Crippen LogP contribution in [0.5, 0.6) is 0 Å². The van der Waals surface area contributed by atoms with Gasteiger partial charge in [-0.1, -0.05) is 48.5 Å². The highest BCUT2D eigenvalue weighted by molar-refractivity contribution is 5.30. The molecule has 0 radical (unpaired) electrons. The van der Waals surface area contributed by atoms with Gasteiger partial charge in [0.15, 0.2) is 0 Å². The van der Waals surface area contributed by atoms with Crippen molar-refractivity contribution in [2.75, 3.05) is 0 Å². The molecule has 12 heteroatoms. The summed E-state index contributed by atoms with van der Waals surface area (Å²) in [5, 5.41) is 1.19. The van der Waals surface area contributed by atoms with Gasteiger partial charge in [-0.15, -0.1) is 0 Å². The molecule has 3 aromatic carbocycles. The van der Waals surface area contributed by atoms with Crippen molar-refractivity contribution < 1.29 is 39.5 Å². The predicted octanol–water partition coefficient (Wildman–Crippen LogP) is 6.95. The van der Waals surface area contributed by atoms with Gasteiger partial charge in [-0.2, -0.15) is 44.6 Å². The van der Waals surface area contributed by atoms with Crippen LogP contribution in [0, 0.1) is 0 Å². The SMILES string of the molecule is FC(F)(F)c1ccc(CNN(Cc2cccc(C(F)(F)F)c2)NCc2ccccc2C(F)(F)F)cc1. The molecule has 3 nitrogen and oxygen atoms in total. The third-order valence-corrected chi connectivity index (χ3v) is 5.13. The van der Waals surface area contributed by atoms with Crippen LogP contribution in [0.3, 0.4) is 0 Å². The van der Waals surface area contributed by atoms with Crippen molar-refractivity contribution in [2.45, 2.75) is 38.2 Å². The number of nitrogens with zero attached hydrogens (tertiary/aromatic N) is 1. The monoisotopic (exact) mass is 521 g/mol. The van der Waals surface area contributed by atoms with Crippen LogP contribution in [0.1, 0.15) is 33.4 Å². The fraction of sp³-hybridized carbons (Fsp3) is 0.250. The van der Waals surface area contributed by atoms with E-state index in [0.717, 1.165) is 30.3 Å². The predicted molar refractivity (Wildman–Crippen MR) is 114 cm³/mol. The van der Waals surface area contributed by atoms with Gasteiger partial charge in [0.2, 0.25) is 0 Å². The zero-order chi connectivity index (χ0) is 26.6. The smallest absolute Gasteiger partial charge is 0.237 e. The largest absolute Gasteiger partial charge is 0.416 e. The lowest BCUT2D eigenvalue weighted by Gasteiger charge is -2.26. The van der Waals surface area contributed by atoms with E-state index < -0.39 is 35.2 Å². The first-order valence-electron chi connectivity index (χ1n) is 10.5. The molecule has 3 rings (SSSR count). The van der Waals surface area contributed by atoms with Crippen molar-refractivity contribution in [3.05, 3.63) is 106 Å². The van der Waals surface area contributed by atoms with Gasteiger partial charge in [-0.25, -0.2) is 10.9 Å². The van der Waals surface area contributed by atoms with Gasteiger partial charge < -0.3 is 0 Å². The Hall–Kier alpha value is -3.09. The van der Waals surface area contributed by atoms with Crippen LogP contribution in [-0.2, 0) is 38.2 Å². The second-order valence-electron chi connectivity index (χ2n) is 7.80. The molecule has 0 aliphatic rings. The molecule has 0 amide bonds. The molecule has 3 aromatic rings. The molecule has 0 saturated carbocycles. The van der Waals surface area contributed by atoms with Crippen molar-refractivity contribution in [3.63, 3.8) is 0 Å². The molecule has 0 atom stereocenters. The molecule has 0 bridgehead atoms. The summed E-state index contributed by atoms with van der Waals surface area (Å²) in [6, 6.07) is 13.4. The summed E-state index contributed by atoms with van der Waals surface area (Å²) in [4.78, 5) is 0. The number of hydrogen-bond donors (Lipinski definition) is 2. The Morgan fingerprint density at radius 2 is 1.17 bits per heavy atom. The van der Waals surface area contributed by atoms with Crippen molar-refractivity contribution in [3.8, 4) is 0 Å². The van der Waals surface area contributed by atoms with Crippen LogP contribution in [-0.4, -0.2) is 5.12 Å². The van der Waals surface area contributed by atoms with Gasteiger partial charge in [0.25, 0.3) is 0 Å². The van der Waals surface area contributed by atoms with E-state index in [0.29, 0.717) is 5.56 Å². The van der Waals surface area contributed by atoms with Crippen LogP contribution in [0.4, 0.5) is 39.5 Å². The molecular weight excluding hydrogens is 501 g/mol. The van der Waals surface area contributed by atoms with Crippen molar-refractivity contribution in [1.29, 1.82) is 0 Å². The van der Waals surface area contributed by atoms with E-state index in [1.807, 2.05) is 0 Å². The van der Waals surface area contributed by atoms with E-state index in [1.54, 1.807) is 0 Å². The van der Waals surface area contributed by atoms with Gasteiger partial charge in [0.05, 0.1) is 23.2 Å². The molecule has 0 saturated heterocycles. The Labute approximate surface area is 200 Å². The minimum Gasteiger partial charge on any atom is -0.237 e. The van der Waals surface area contributed by atoms with Gasteiger partial charge >= 0.3 is 18.5 Å². The summed E-state index contributed by atoms with van der Waals surface area (Å²) in [6.07, 6.45) is -13.7. The normalized spacial score (nSPS) is 12.8. The summed E-state index contributed by atoms with van der Waals surface area (Å²) in [5.41, 5.74) is 3.41. The molecule has 0 aliphatic carbocycles. The number of nitrogens with one attached hydrogen (secondary N) is 2. The highest BCUT2D eigenvalue weighted by atomic mass is 19.4. The lowest BCUT2D eigenvalue weighted by molar-refractivity contribution is -0.139. The maximum atomic E-state index is 13.3. The molecule has 0 aliphatic heterocycles. The van der Waals surface area contributed by atoms with Gasteiger partial charge in [-0.3, -0.25) is 0 Å². The summed E-state index contributed by atoms with van der Waals surface area (Å²) in [5.74, 6) is 0. The molecule has 2 N–H and O–H groups in total. The topological polar surface area (TPSA) is 27.3 Å². The third kappa shape index (κ3) is 7.70. The number of hydrogen-bond acceptors (Lipinski definition) is 3. The average Bonchev–Trinajstić information content (AvgIpc) is 2.80. The fourth-order valence-electron chi connectivity index (χ4n) is 3.33. The molecule has 0 spiro atoms. The molecule has 0 fully saturated rings. The fourth-order valence-corrected chi connectivity index (χ4v) is 3.33. The number of halogens is 9. The third-order valence-electron chi connectivity index (χ3n) is 5.13. The highest BCUT2D eigenvalue weighted by Gasteiger charge is 2.33. The van der Waals surface area contributed by atoms with Crippen molar-refractivity contribution in [2.24, 2.45) is 0 Å². The van der Waals surface area contributed by atoms with Crippen LogP contribution in [0.2, 0.25) is 0 Å². The minimum atomic E-state index is -4.61. The lowest BCUT2D eigenvalue weighted by Crippen LogP contribution is -2.47. The highest BCUT2D eigenvalue weighted by Crippen LogP contribution is 2.32. The summed E-state index contributed by atoms with van der Waals surface area (Å²) >= 11 is 0. The van der Waals surface area contributed by atoms with E-state index in [-0.39, 0.29) is 30.8 Å². The van der Waals surface area contributed by atoms with Gasteiger partial charge in [0, 0.05) is 13.1 Å². The Balaban J connectivity index is 1.78. The van der Waals surface area contributed by atoms with E-state index in [4.69, 9.17) is 0 Å². The lowest BCUT2D eigenvalue weighted by atomic mass is 10.1. The van der Waals surface area contributed by atoms with Gasteiger partial charge in [0.1, 0.15) is 0 Å². The van der Waals surface area contributed by atoms with Crippen LogP contribution in [0.25, 0.3) is 0 Å². The first-order valence-corrected chi connectivity index (χ1v) is 10.5. The first kappa shape index (κ1) is 27.5. The Morgan fingerprint density at radius 1 is 0.556 bits per heavy atom. The maximum absolute atomic E-state index is 13.3. The van der Waals surface area contributed by atoms with Crippen molar-refractivity contribution in [1.82, 2.24) is 16.0 Å². The molecule has 36 heavy (non-hydrogen) atoms. The van der Waals surface area contributed by atoms with Gasteiger partial charge in [-0.05, 0) is 41.0 Å². The second-order valence-corrected chi connectivity index (χ2v) is 7.80. The number of rotatable bonds is 8. The van der Waals surface area contributed by atoms with Crippen LogP contribution >= 0.6 is 0 Å². The molecule has 194 valence electrons. The minimum absolute atomic E-state index is 0.0506. The van der Waals surface area contributed by atoms with E-state index >= 15 is 0 Å². The quantitative estimate of drug-likeness (QED) is 0.248. The van der Waals surface area contributed by atoms with E-state index in [9.17, 15) is 39.5 Å². The van der Waals surface area contributed by atoms with E-state index in [2.05, 4.69) is 10.9 Å². The first-order chi connectivity index (χ1) is 16.7. The van der Waals surface area contributed by atoms with Crippen molar-refractivity contribution >= 4 is 0 Å². The molecule has 0 heterocycles. The second kappa shape index (κ2) is 10.9. The maximum Gasteiger partial charge on any atom is 0.416 e. The molecular formula is C24H20F9N3. The Morgan fingerprint density at radius 3 is 1.78 bits per heavy atom. The van der Waals surface area contributed by atoms with Crippen LogP contribution < -0.4 is 10.9 Å². The number of hydrazine groups is 2. The standard InChI is InChI=1S/C24H20F9N3/c25-22(26,27)19-10-8-16(9-11-19)13-34-36(15-17-4-3-6-20(12-17)23(28,29)30)35-14-18-5-1-2-7-21(18)24(31,32)33/h1-12,34-35H,13-15H2. The van der Waals surface area contributed by atoms with Crippen LogP contribution in [0.15, 0.2) is 72.8 Å². The van der Waals surface area contributed by atoms with E-state index in [1.165, 1.54) is 47.6 Å². The molecule has 0 unspecified atom stereocenters. The summed E-state index contributed by atoms with van der Waals surface area (Å²) in [7, 11) is 0. The number of benzene rings is 3. The summed E-state index contributed by atoms with van der Waals surface area (Å²) < 4.78 is 118. The average molecular weight is 521 g/mol. The zero-order valence-electron chi connectivity index (χ0n) is 18.4. The Kier molecular flexibility index (Phi) is 8.32.